The highest BCUT2D eigenvalue weighted by Crippen LogP contribution is 2.20. The molecule has 1 amide bonds. The number of hydrogen-bond donors (Lipinski definition) is 2. The van der Waals surface area contributed by atoms with Crippen LogP contribution in [0.4, 0.5) is 4.79 Å². The number of carbonyl (C=O) groups is 2. The average Bonchev–Trinajstić information content (AvgIpc) is 2.87. The predicted molar refractivity (Wildman–Crippen MR) is 69.8 cm³/mol. The molecule has 2 rings (SSSR count). The summed E-state index contributed by atoms with van der Waals surface area (Å²) in [6.07, 6.45) is -1.30. The first-order chi connectivity index (χ1) is 9.63. The van der Waals surface area contributed by atoms with E-state index >= 15 is 0 Å². The van der Waals surface area contributed by atoms with E-state index in [2.05, 4.69) is 0 Å². The molecule has 1 aromatic rings. The van der Waals surface area contributed by atoms with Crippen molar-refractivity contribution in [3.63, 3.8) is 0 Å². The van der Waals surface area contributed by atoms with Gasteiger partial charge in [0.1, 0.15) is 19.3 Å². The maximum atomic E-state index is 12.0. The predicted octanol–water partition coefficient (Wildman–Crippen LogP) is 0.320. The molecule has 2 atom stereocenters. The van der Waals surface area contributed by atoms with Crippen LogP contribution in [0.1, 0.15) is 12.0 Å². The monoisotopic (exact) mass is 279 g/mol. The summed E-state index contributed by atoms with van der Waals surface area (Å²) in [5.41, 5.74) is 0.839. The highest BCUT2D eigenvalue weighted by atomic mass is 16.6. The van der Waals surface area contributed by atoms with Crippen LogP contribution >= 0.6 is 0 Å². The molecule has 0 unspecified atom stereocenters. The Kier molecular flexibility index (Phi) is 4.70. The van der Waals surface area contributed by atoms with Crippen LogP contribution in [-0.2, 0) is 16.1 Å². The number of likely N-dealkylation sites (tertiary alicyclic amines) is 1. The summed E-state index contributed by atoms with van der Waals surface area (Å²) in [7, 11) is 0. The number of Topliss-reactive ketones (excluding diaryl/α,β-unsaturated/α-hetero) is 1. The molecule has 1 heterocycles. The molecule has 1 saturated heterocycles. The molecule has 108 valence electrons. The van der Waals surface area contributed by atoms with E-state index in [9.17, 15) is 14.7 Å². The van der Waals surface area contributed by atoms with Gasteiger partial charge in [0.05, 0.1) is 6.10 Å². The quantitative estimate of drug-likeness (QED) is 0.829. The Morgan fingerprint density at radius 1 is 1.30 bits per heavy atom. The van der Waals surface area contributed by atoms with Crippen LogP contribution in [0.3, 0.4) is 0 Å². The summed E-state index contributed by atoms with van der Waals surface area (Å²) in [6, 6.07) is 8.16. The van der Waals surface area contributed by atoms with Crippen molar-refractivity contribution in [2.24, 2.45) is 0 Å². The van der Waals surface area contributed by atoms with Crippen molar-refractivity contribution in [1.82, 2.24) is 4.90 Å². The van der Waals surface area contributed by atoms with Crippen molar-refractivity contribution in [2.75, 3.05) is 13.2 Å². The molecular formula is C14H17NO5. The Balaban J connectivity index is 1.96. The molecule has 1 aliphatic rings. The summed E-state index contributed by atoms with van der Waals surface area (Å²) in [6.45, 7) is -0.359. The van der Waals surface area contributed by atoms with Crippen LogP contribution < -0.4 is 0 Å². The third kappa shape index (κ3) is 3.15. The minimum absolute atomic E-state index is 0.103. The maximum absolute atomic E-state index is 12.0. The number of hydrogen-bond acceptors (Lipinski definition) is 5. The first kappa shape index (κ1) is 14.5. The Labute approximate surface area is 116 Å². The van der Waals surface area contributed by atoms with E-state index in [0.29, 0.717) is 6.42 Å². The van der Waals surface area contributed by atoms with Crippen molar-refractivity contribution in [3.8, 4) is 0 Å². The Morgan fingerprint density at radius 3 is 2.65 bits per heavy atom. The van der Waals surface area contributed by atoms with Crippen molar-refractivity contribution < 1.29 is 24.5 Å². The van der Waals surface area contributed by atoms with E-state index in [4.69, 9.17) is 9.84 Å². The first-order valence-electron chi connectivity index (χ1n) is 6.42. The van der Waals surface area contributed by atoms with Gasteiger partial charge in [0.2, 0.25) is 0 Å². The second-order valence-corrected chi connectivity index (χ2v) is 4.66. The van der Waals surface area contributed by atoms with Gasteiger partial charge in [-0.25, -0.2) is 4.79 Å². The zero-order valence-electron chi connectivity index (χ0n) is 10.9. The second-order valence-electron chi connectivity index (χ2n) is 4.66. The number of aliphatic hydroxyl groups is 2. The lowest BCUT2D eigenvalue weighted by Crippen LogP contribution is -2.46. The molecule has 0 bridgehead atoms. The highest BCUT2D eigenvalue weighted by Gasteiger charge is 2.41. The second kappa shape index (κ2) is 6.49. The lowest BCUT2D eigenvalue weighted by atomic mass is 10.1. The summed E-state index contributed by atoms with van der Waals surface area (Å²) in [4.78, 5) is 24.7. The smallest absolute Gasteiger partial charge is 0.410 e. The van der Waals surface area contributed by atoms with Gasteiger partial charge < -0.3 is 14.9 Å². The van der Waals surface area contributed by atoms with Crippen LogP contribution in [-0.4, -0.2) is 52.3 Å². The van der Waals surface area contributed by atoms with E-state index < -0.39 is 30.6 Å². The number of aliphatic hydroxyl groups excluding tert-OH is 2. The number of benzene rings is 1. The van der Waals surface area contributed by atoms with Gasteiger partial charge in [0, 0.05) is 6.54 Å². The zero-order valence-corrected chi connectivity index (χ0v) is 10.9. The number of ketones is 1. The molecule has 0 spiro atoms. The van der Waals surface area contributed by atoms with E-state index in [1.165, 1.54) is 4.90 Å². The van der Waals surface area contributed by atoms with E-state index in [1.54, 1.807) is 0 Å². The van der Waals surface area contributed by atoms with E-state index in [-0.39, 0.29) is 13.2 Å². The molecule has 0 aromatic heterocycles. The van der Waals surface area contributed by atoms with E-state index in [1.807, 2.05) is 30.3 Å². The summed E-state index contributed by atoms with van der Waals surface area (Å²) in [5, 5.41) is 18.6. The lowest BCUT2D eigenvalue weighted by Gasteiger charge is -2.23. The van der Waals surface area contributed by atoms with Crippen molar-refractivity contribution in [3.05, 3.63) is 35.9 Å². The maximum Gasteiger partial charge on any atom is 0.410 e. The molecule has 0 radical (unpaired) electrons. The molecule has 1 aliphatic heterocycles. The van der Waals surface area contributed by atoms with Crippen LogP contribution in [0.25, 0.3) is 0 Å². The highest BCUT2D eigenvalue weighted by molar-refractivity contribution is 5.89. The van der Waals surface area contributed by atoms with Gasteiger partial charge in [-0.15, -0.1) is 0 Å². The minimum Gasteiger partial charge on any atom is -0.445 e. The standard InChI is InChI=1S/C14H17NO5/c16-8-12(18)13-11(17)6-7-15(13)14(19)20-9-10-4-2-1-3-5-10/h1-5,11,13,16-17H,6-9H2/t11-,13-/m0/s1. The number of carbonyl (C=O) groups excluding carboxylic acids is 2. The summed E-state index contributed by atoms with van der Waals surface area (Å²) < 4.78 is 5.13. The van der Waals surface area contributed by atoms with Gasteiger partial charge in [-0.05, 0) is 12.0 Å². The number of rotatable bonds is 4. The van der Waals surface area contributed by atoms with Crippen LogP contribution in [0.15, 0.2) is 30.3 Å². The van der Waals surface area contributed by atoms with Crippen LogP contribution in [0, 0.1) is 0 Å². The Morgan fingerprint density at radius 2 is 2.00 bits per heavy atom. The fourth-order valence-electron chi connectivity index (χ4n) is 2.27. The zero-order chi connectivity index (χ0) is 14.5. The number of ether oxygens (including phenoxy) is 1. The normalized spacial score (nSPS) is 21.8. The topological polar surface area (TPSA) is 87.1 Å². The van der Waals surface area contributed by atoms with Crippen molar-refractivity contribution >= 4 is 11.9 Å². The molecule has 6 heteroatoms. The molecule has 0 saturated carbocycles. The minimum atomic E-state index is -1.01. The third-order valence-corrected chi connectivity index (χ3v) is 3.29. The van der Waals surface area contributed by atoms with E-state index in [0.717, 1.165) is 5.56 Å². The largest absolute Gasteiger partial charge is 0.445 e. The summed E-state index contributed by atoms with van der Waals surface area (Å²) in [5.74, 6) is -0.577. The van der Waals surface area contributed by atoms with Gasteiger partial charge in [-0.3, -0.25) is 9.69 Å². The Bertz CT molecular complexity index is 476. The summed E-state index contributed by atoms with van der Waals surface area (Å²) >= 11 is 0. The third-order valence-electron chi connectivity index (χ3n) is 3.29. The molecule has 1 aromatic carbocycles. The van der Waals surface area contributed by atoms with Gasteiger partial charge in [0.15, 0.2) is 5.78 Å². The fraction of sp³-hybridized carbons (Fsp3) is 0.429. The lowest BCUT2D eigenvalue weighted by molar-refractivity contribution is -0.128. The van der Waals surface area contributed by atoms with Gasteiger partial charge >= 0.3 is 6.09 Å². The molecule has 6 nitrogen and oxygen atoms in total. The fourth-order valence-corrected chi connectivity index (χ4v) is 2.27. The van der Waals surface area contributed by atoms with Gasteiger partial charge in [-0.1, -0.05) is 30.3 Å². The molecule has 2 N–H and O–H groups in total. The molecular weight excluding hydrogens is 262 g/mol. The van der Waals surface area contributed by atoms with Crippen molar-refractivity contribution in [1.29, 1.82) is 0 Å². The first-order valence-corrected chi connectivity index (χ1v) is 6.42. The van der Waals surface area contributed by atoms with Crippen LogP contribution in [0.2, 0.25) is 0 Å². The Hall–Kier alpha value is -1.92. The molecule has 1 fully saturated rings. The molecule has 0 aliphatic carbocycles. The van der Waals surface area contributed by atoms with Gasteiger partial charge in [0.25, 0.3) is 0 Å². The average molecular weight is 279 g/mol. The number of nitrogens with zero attached hydrogens (tertiary/aromatic N) is 1. The number of amides is 1. The SMILES string of the molecule is O=C(CO)[C@@H]1[C@@H](O)CCN1C(=O)OCc1ccccc1. The molecule has 20 heavy (non-hydrogen) atoms. The van der Waals surface area contributed by atoms with Crippen molar-refractivity contribution in [2.45, 2.75) is 25.2 Å². The van der Waals surface area contributed by atoms with Gasteiger partial charge in [-0.2, -0.15) is 0 Å². The van der Waals surface area contributed by atoms with Crippen LogP contribution in [0.5, 0.6) is 0 Å².